The van der Waals surface area contributed by atoms with E-state index < -0.39 is 0 Å². The Morgan fingerprint density at radius 1 is 1.21 bits per heavy atom. The summed E-state index contributed by atoms with van der Waals surface area (Å²) in [5.74, 6) is 1.08. The van der Waals surface area contributed by atoms with Gasteiger partial charge in [-0.3, -0.25) is 0 Å². The smallest absolute Gasteiger partial charge is 0.123 e. The molecule has 1 aromatic rings. The first-order valence-corrected chi connectivity index (χ1v) is 7.59. The number of nitrogens with zero attached hydrogens (tertiary/aromatic N) is 1. The van der Waals surface area contributed by atoms with Gasteiger partial charge in [0.25, 0.3) is 0 Å². The van der Waals surface area contributed by atoms with Crippen LogP contribution in [0, 0.1) is 0 Å². The number of fused-ring (bicyclic) bond motifs is 1. The molecule has 0 aromatic heterocycles. The Bertz CT molecular complexity index is 376. The minimum absolute atomic E-state index is 0.323. The second-order valence-corrected chi connectivity index (χ2v) is 5.66. The van der Waals surface area contributed by atoms with Gasteiger partial charge in [-0.05, 0) is 57.1 Å². The lowest BCUT2D eigenvalue weighted by atomic mass is 10.1. The third-order valence-corrected chi connectivity index (χ3v) is 4.11. The first-order valence-electron chi connectivity index (χ1n) is 7.59. The van der Waals surface area contributed by atoms with Crippen molar-refractivity contribution in [3.8, 4) is 5.75 Å². The van der Waals surface area contributed by atoms with Gasteiger partial charge in [0.05, 0.1) is 0 Å². The zero-order chi connectivity index (χ0) is 12.9. The molecule has 3 rings (SSSR count). The van der Waals surface area contributed by atoms with Gasteiger partial charge in [0, 0.05) is 13.0 Å². The third-order valence-electron chi connectivity index (χ3n) is 4.11. The molecule has 2 aliphatic rings. The van der Waals surface area contributed by atoms with E-state index in [0.29, 0.717) is 6.10 Å². The number of hydrogen-bond donors (Lipinski definition) is 1. The van der Waals surface area contributed by atoms with Crippen molar-refractivity contribution in [3.63, 3.8) is 0 Å². The first-order chi connectivity index (χ1) is 9.42. The molecule has 1 atom stereocenters. The summed E-state index contributed by atoms with van der Waals surface area (Å²) < 4.78 is 5.91. The highest BCUT2D eigenvalue weighted by molar-refractivity contribution is 5.37. The first kappa shape index (κ1) is 12.9. The summed E-state index contributed by atoms with van der Waals surface area (Å²) in [4.78, 5) is 2.57. The molecule has 3 heteroatoms. The molecule has 1 unspecified atom stereocenters. The van der Waals surface area contributed by atoms with Crippen LogP contribution in [0.4, 0.5) is 0 Å². The zero-order valence-corrected chi connectivity index (χ0v) is 11.6. The average Bonchev–Trinajstić information content (AvgIpc) is 3.06. The van der Waals surface area contributed by atoms with Crippen molar-refractivity contribution in [1.82, 2.24) is 10.2 Å². The number of benzene rings is 1. The second-order valence-electron chi connectivity index (χ2n) is 5.66. The van der Waals surface area contributed by atoms with Crippen LogP contribution in [-0.2, 0) is 6.42 Å². The van der Waals surface area contributed by atoms with Crippen molar-refractivity contribution >= 4 is 0 Å². The van der Waals surface area contributed by atoms with Gasteiger partial charge in [-0.1, -0.05) is 18.2 Å². The van der Waals surface area contributed by atoms with Crippen LogP contribution < -0.4 is 10.1 Å². The Hall–Kier alpha value is -1.06. The monoisotopic (exact) mass is 260 g/mol. The van der Waals surface area contributed by atoms with Crippen LogP contribution in [0.25, 0.3) is 0 Å². The van der Waals surface area contributed by atoms with Crippen LogP contribution in [0.5, 0.6) is 5.75 Å². The van der Waals surface area contributed by atoms with E-state index in [0.717, 1.165) is 25.3 Å². The molecule has 1 aromatic carbocycles. The average molecular weight is 260 g/mol. The summed E-state index contributed by atoms with van der Waals surface area (Å²) in [7, 11) is 0. The number of likely N-dealkylation sites (tertiary alicyclic amines) is 1. The number of para-hydroxylation sites is 1. The van der Waals surface area contributed by atoms with Crippen LogP contribution in [0.3, 0.4) is 0 Å². The van der Waals surface area contributed by atoms with Crippen LogP contribution in [0.2, 0.25) is 0 Å². The van der Waals surface area contributed by atoms with Gasteiger partial charge in [0.15, 0.2) is 0 Å². The fraction of sp³-hybridized carbons (Fsp3) is 0.625. The minimum Gasteiger partial charge on any atom is -0.488 e. The summed E-state index contributed by atoms with van der Waals surface area (Å²) in [6, 6.07) is 8.38. The second kappa shape index (κ2) is 6.40. The summed E-state index contributed by atoms with van der Waals surface area (Å²) in [5, 5.41) is 3.53. The molecule has 0 radical (unpaired) electrons. The summed E-state index contributed by atoms with van der Waals surface area (Å²) in [6.07, 6.45) is 5.40. The molecule has 2 heterocycles. The lowest BCUT2D eigenvalue weighted by Gasteiger charge is -2.15. The maximum absolute atomic E-state index is 5.91. The Morgan fingerprint density at radius 2 is 2.05 bits per heavy atom. The van der Waals surface area contributed by atoms with Crippen molar-refractivity contribution in [3.05, 3.63) is 29.8 Å². The summed E-state index contributed by atoms with van der Waals surface area (Å²) in [6.45, 7) is 5.93. The molecule has 19 heavy (non-hydrogen) atoms. The SMILES string of the molecule is c1ccc2c(c1)CC(CNCCCN1CCCC1)O2. The van der Waals surface area contributed by atoms with Crippen molar-refractivity contribution in [2.75, 3.05) is 32.7 Å². The largest absolute Gasteiger partial charge is 0.488 e. The maximum atomic E-state index is 5.91. The van der Waals surface area contributed by atoms with Gasteiger partial charge >= 0.3 is 0 Å². The Balaban J connectivity index is 1.29. The Morgan fingerprint density at radius 3 is 2.89 bits per heavy atom. The minimum atomic E-state index is 0.323. The molecule has 3 nitrogen and oxygen atoms in total. The van der Waals surface area contributed by atoms with Crippen molar-refractivity contribution in [2.24, 2.45) is 0 Å². The molecule has 0 amide bonds. The van der Waals surface area contributed by atoms with Crippen LogP contribution in [-0.4, -0.2) is 43.7 Å². The fourth-order valence-corrected chi connectivity index (χ4v) is 3.06. The number of hydrogen-bond acceptors (Lipinski definition) is 3. The lowest BCUT2D eigenvalue weighted by Crippen LogP contribution is -2.32. The van der Waals surface area contributed by atoms with E-state index in [-0.39, 0.29) is 0 Å². The van der Waals surface area contributed by atoms with Gasteiger partial charge in [0.1, 0.15) is 11.9 Å². The molecule has 0 bridgehead atoms. The van der Waals surface area contributed by atoms with Crippen LogP contribution >= 0.6 is 0 Å². The summed E-state index contributed by atoms with van der Waals surface area (Å²) >= 11 is 0. The van der Waals surface area contributed by atoms with E-state index >= 15 is 0 Å². The van der Waals surface area contributed by atoms with Gasteiger partial charge in [-0.15, -0.1) is 0 Å². The lowest BCUT2D eigenvalue weighted by molar-refractivity contribution is 0.226. The van der Waals surface area contributed by atoms with Gasteiger partial charge < -0.3 is 15.0 Å². The number of rotatable bonds is 6. The predicted octanol–water partition coefficient (Wildman–Crippen LogP) is 2.07. The molecule has 0 spiro atoms. The molecule has 1 fully saturated rings. The third kappa shape index (κ3) is 3.48. The highest BCUT2D eigenvalue weighted by Crippen LogP contribution is 2.27. The molecular weight excluding hydrogens is 236 g/mol. The molecule has 1 saturated heterocycles. The number of ether oxygens (including phenoxy) is 1. The van der Waals surface area contributed by atoms with Crippen molar-refractivity contribution < 1.29 is 4.74 Å². The Labute approximate surface area is 115 Å². The van der Waals surface area contributed by atoms with E-state index in [2.05, 4.69) is 28.4 Å². The molecule has 1 N–H and O–H groups in total. The molecule has 2 aliphatic heterocycles. The molecule has 104 valence electrons. The Kier molecular flexibility index (Phi) is 4.36. The maximum Gasteiger partial charge on any atom is 0.123 e. The highest BCUT2D eigenvalue weighted by Gasteiger charge is 2.21. The van der Waals surface area contributed by atoms with Crippen molar-refractivity contribution in [2.45, 2.75) is 31.8 Å². The van der Waals surface area contributed by atoms with Crippen LogP contribution in [0.1, 0.15) is 24.8 Å². The van der Waals surface area contributed by atoms with Gasteiger partial charge in [0.2, 0.25) is 0 Å². The fourth-order valence-electron chi connectivity index (χ4n) is 3.06. The van der Waals surface area contributed by atoms with E-state index in [4.69, 9.17) is 4.74 Å². The van der Waals surface area contributed by atoms with Crippen LogP contribution in [0.15, 0.2) is 24.3 Å². The van der Waals surface area contributed by atoms with Crippen molar-refractivity contribution in [1.29, 1.82) is 0 Å². The molecule has 0 aliphatic carbocycles. The van der Waals surface area contributed by atoms with E-state index in [1.54, 1.807) is 0 Å². The normalized spacial score (nSPS) is 22.4. The molecular formula is C16H24N2O. The number of nitrogens with one attached hydrogen (secondary N) is 1. The topological polar surface area (TPSA) is 24.5 Å². The van der Waals surface area contributed by atoms with E-state index in [9.17, 15) is 0 Å². The summed E-state index contributed by atoms with van der Waals surface area (Å²) in [5.41, 5.74) is 1.35. The molecule has 0 saturated carbocycles. The van der Waals surface area contributed by atoms with Gasteiger partial charge in [-0.2, -0.15) is 0 Å². The van der Waals surface area contributed by atoms with E-state index in [1.165, 1.54) is 44.5 Å². The highest BCUT2D eigenvalue weighted by atomic mass is 16.5. The van der Waals surface area contributed by atoms with Gasteiger partial charge in [-0.25, -0.2) is 0 Å². The zero-order valence-electron chi connectivity index (χ0n) is 11.6. The predicted molar refractivity (Wildman–Crippen MR) is 77.7 cm³/mol. The van der Waals surface area contributed by atoms with E-state index in [1.807, 2.05) is 6.07 Å². The quantitative estimate of drug-likeness (QED) is 0.792. The standard InChI is InChI=1S/C16H24N2O/c1-2-7-16-14(6-1)12-15(19-16)13-17-8-5-11-18-9-3-4-10-18/h1-2,6-7,15,17H,3-5,8-13H2.